The van der Waals surface area contributed by atoms with Crippen molar-refractivity contribution in [2.24, 2.45) is 5.41 Å². The van der Waals surface area contributed by atoms with Crippen molar-refractivity contribution >= 4 is 11.8 Å². The van der Waals surface area contributed by atoms with E-state index < -0.39 is 5.41 Å². The van der Waals surface area contributed by atoms with Crippen molar-refractivity contribution in [3.05, 3.63) is 71.8 Å². The minimum atomic E-state index is -1.10. The standard InChI is InChI=1S/C21H26N2O2/c1-21(2,20(25)23-16-18-12-7-4-8-13-18)19(24)22-15-9-14-17-10-5-3-6-11-17/h3-8,10-13H,9,14-16H2,1-2H3,(H,22,24)(H,23,25). The molecule has 4 heteroatoms. The fourth-order valence-corrected chi connectivity index (χ4v) is 2.46. The Labute approximate surface area is 149 Å². The first-order chi connectivity index (χ1) is 12.0. The Hall–Kier alpha value is -2.62. The lowest BCUT2D eigenvalue weighted by molar-refractivity contribution is -0.141. The summed E-state index contributed by atoms with van der Waals surface area (Å²) in [5.41, 5.74) is 1.16. The van der Waals surface area contributed by atoms with E-state index in [1.165, 1.54) is 5.56 Å². The highest BCUT2D eigenvalue weighted by molar-refractivity contribution is 6.04. The molecule has 0 bridgehead atoms. The molecule has 0 radical (unpaired) electrons. The van der Waals surface area contributed by atoms with Crippen LogP contribution in [0.1, 0.15) is 31.4 Å². The topological polar surface area (TPSA) is 58.2 Å². The molecular weight excluding hydrogens is 312 g/mol. The fraction of sp³-hybridized carbons (Fsp3) is 0.333. The molecule has 2 aromatic rings. The molecule has 0 aliphatic heterocycles. The van der Waals surface area contributed by atoms with Gasteiger partial charge < -0.3 is 10.6 Å². The molecule has 0 aliphatic carbocycles. The van der Waals surface area contributed by atoms with Crippen LogP contribution in [0.2, 0.25) is 0 Å². The molecule has 25 heavy (non-hydrogen) atoms. The van der Waals surface area contributed by atoms with Crippen molar-refractivity contribution in [2.45, 2.75) is 33.2 Å². The molecule has 0 aromatic heterocycles. The number of benzene rings is 2. The second-order valence-electron chi connectivity index (χ2n) is 6.64. The van der Waals surface area contributed by atoms with Gasteiger partial charge in [-0.05, 0) is 37.8 Å². The molecule has 132 valence electrons. The highest BCUT2D eigenvalue weighted by atomic mass is 16.2. The third-order valence-corrected chi connectivity index (χ3v) is 4.20. The summed E-state index contributed by atoms with van der Waals surface area (Å²) in [5.74, 6) is -0.511. The third kappa shape index (κ3) is 5.75. The van der Waals surface area contributed by atoms with E-state index >= 15 is 0 Å². The lowest BCUT2D eigenvalue weighted by atomic mass is 9.91. The number of nitrogens with one attached hydrogen (secondary N) is 2. The first-order valence-electron chi connectivity index (χ1n) is 8.64. The van der Waals surface area contributed by atoms with Gasteiger partial charge in [-0.1, -0.05) is 60.7 Å². The van der Waals surface area contributed by atoms with Crippen LogP contribution >= 0.6 is 0 Å². The Morgan fingerprint density at radius 2 is 1.32 bits per heavy atom. The van der Waals surface area contributed by atoms with Crippen LogP contribution in [0.5, 0.6) is 0 Å². The second-order valence-corrected chi connectivity index (χ2v) is 6.64. The van der Waals surface area contributed by atoms with Gasteiger partial charge in [-0.2, -0.15) is 0 Å². The molecule has 0 saturated carbocycles. The first kappa shape index (κ1) is 18.7. The van der Waals surface area contributed by atoms with E-state index in [2.05, 4.69) is 22.8 Å². The van der Waals surface area contributed by atoms with Gasteiger partial charge in [0.15, 0.2) is 0 Å². The van der Waals surface area contributed by atoms with E-state index in [-0.39, 0.29) is 11.8 Å². The number of hydrogen-bond acceptors (Lipinski definition) is 2. The number of rotatable bonds is 8. The van der Waals surface area contributed by atoms with E-state index in [0.29, 0.717) is 13.1 Å². The molecule has 0 fully saturated rings. The van der Waals surface area contributed by atoms with E-state index in [4.69, 9.17) is 0 Å². The molecule has 2 amide bonds. The molecule has 2 aromatic carbocycles. The number of hydrogen-bond donors (Lipinski definition) is 2. The lowest BCUT2D eigenvalue weighted by Crippen LogP contribution is -2.47. The van der Waals surface area contributed by atoms with Crippen LogP contribution in [0, 0.1) is 5.41 Å². The van der Waals surface area contributed by atoms with Gasteiger partial charge in [-0.3, -0.25) is 9.59 Å². The van der Waals surface area contributed by atoms with Gasteiger partial charge in [0.05, 0.1) is 0 Å². The van der Waals surface area contributed by atoms with Gasteiger partial charge in [0.1, 0.15) is 5.41 Å². The minimum Gasteiger partial charge on any atom is -0.355 e. The van der Waals surface area contributed by atoms with Crippen molar-refractivity contribution in [1.29, 1.82) is 0 Å². The Balaban J connectivity index is 1.75. The van der Waals surface area contributed by atoms with Crippen molar-refractivity contribution in [2.75, 3.05) is 6.54 Å². The zero-order valence-corrected chi connectivity index (χ0v) is 14.9. The van der Waals surface area contributed by atoms with E-state index in [1.807, 2.05) is 48.5 Å². The average molecular weight is 338 g/mol. The largest absolute Gasteiger partial charge is 0.355 e. The number of amides is 2. The summed E-state index contributed by atoms with van der Waals surface area (Å²) in [5, 5.41) is 5.71. The van der Waals surface area contributed by atoms with Gasteiger partial charge in [-0.25, -0.2) is 0 Å². The van der Waals surface area contributed by atoms with E-state index in [0.717, 1.165) is 18.4 Å². The number of carbonyl (C=O) groups is 2. The molecular formula is C21H26N2O2. The summed E-state index contributed by atoms with van der Waals surface area (Å²) in [6.45, 7) is 4.28. The fourth-order valence-electron chi connectivity index (χ4n) is 2.46. The van der Waals surface area contributed by atoms with Crippen molar-refractivity contribution in [3.63, 3.8) is 0 Å². The molecule has 0 saturated heterocycles. The maximum absolute atomic E-state index is 12.4. The van der Waals surface area contributed by atoms with Crippen LogP contribution in [0.3, 0.4) is 0 Å². The summed E-state index contributed by atoms with van der Waals surface area (Å²) in [4.78, 5) is 24.7. The monoisotopic (exact) mass is 338 g/mol. The van der Waals surface area contributed by atoms with Crippen molar-refractivity contribution < 1.29 is 9.59 Å². The van der Waals surface area contributed by atoms with Gasteiger partial charge in [-0.15, -0.1) is 0 Å². The average Bonchev–Trinajstić information content (AvgIpc) is 2.64. The predicted molar refractivity (Wildman–Crippen MR) is 99.8 cm³/mol. The summed E-state index contributed by atoms with van der Waals surface area (Å²) in [6.07, 6.45) is 1.75. The SMILES string of the molecule is CC(C)(C(=O)NCCCc1ccccc1)C(=O)NCc1ccccc1. The van der Waals surface area contributed by atoms with Gasteiger partial charge in [0, 0.05) is 13.1 Å². The van der Waals surface area contributed by atoms with Crippen LogP contribution in [-0.2, 0) is 22.6 Å². The van der Waals surface area contributed by atoms with Crippen LogP contribution in [0.15, 0.2) is 60.7 Å². The molecule has 0 spiro atoms. The molecule has 4 nitrogen and oxygen atoms in total. The quantitative estimate of drug-likeness (QED) is 0.574. The maximum atomic E-state index is 12.4. The minimum absolute atomic E-state index is 0.244. The Kier molecular flexibility index (Phi) is 6.75. The molecule has 0 atom stereocenters. The van der Waals surface area contributed by atoms with Crippen LogP contribution in [0.25, 0.3) is 0 Å². The first-order valence-corrected chi connectivity index (χ1v) is 8.64. The normalized spacial score (nSPS) is 11.0. The second kappa shape index (κ2) is 9.02. The predicted octanol–water partition coefficient (Wildman–Crippen LogP) is 3.08. The van der Waals surface area contributed by atoms with Crippen LogP contribution < -0.4 is 10.6 Å². The molecule has 0 aliphatic rings. The zero-order valence-electron chi connectivity index (χ0n) is 14.9. The number of aryl methyl sites for hydroxylation is 1. The summed E-state index contributed by atoms with van der Waals surface area (Å²) >= 11 is 0. The number of carbonyl (C=O) groups excluding carboxylic acids is 2. The molecule has 2 rings (SSSR count). The zero-order chi connectivity index (χ0) is 18.1. The summed E-state index contributed by atoms with van der Waals surface area (Å²) in [7, 11) is 0. The van der Waals surface area contributed by atoms with Gasteiger partial charge in [0.2, 0.25) is 11.8 Å². The molecule has 0 heterocycles. The van der Waals surface area contributed by atoms with Gasteiger partial charge >= 0.3 is 0 Å². The van der Waals surface area contributed by atoms with Crippen LogP contribution in [0.4, 0.5) is 0 Å². The Bertz CT molecular complexity index is 682. The highest BCUT2D eigenvalue weighted by Crippen LogP contribution is 2.16. The Morgan fingerprint density at radius 1 is 0.800 bits per heavy atom. The third-order valence-electron chi connectivity index (χ3n) is 4.20. The molecule has 0 unspecified atom stereocenters. The van der Waals surface area contributed by atoms with Crippen molar-refractivity contribution in [3.8, 4) is 0 Å². The maximum Gasteiger partial charge on any atom is 0.235 e. The van der Waals surface area contributed by atoms with Gasteiger partial charge in [0.25, 0.3) is 0 Å². The van der Waals surface area contributed by atoms with E-state index in [1.54, 1.807) is 13.8 Å². The summed E-state index contributed by atoms with van der Waals surface area (Å²) < 4.78 is 0. The van der Waals surface area contributed by atoms with E-state index in [9.17, 15) is 9.59 Å². The Morgan fingerprint density at radius 3 is 1.92 bits per heavy atom. The lowest BCUT2D eigenvalue weighted by Gasteiger charge is -2.22. The van der Waals surface area contributed by atoms with Crippen molar-refractivity contribution in [1.82, 2.24) is 10.6 Å². The van der Waals surface area contributed by atoms with Crippen LogP contribution in [-0.4, -0.2) is 18.4 Å². The highest BCUT2D eigenvalue weighted by Gasteiger charge is 2.35. The smallest absolute Gasteiger partial charge is 0.235 e. The molecule has 2 N–H and O–H groups in total. The summed E-state index contributed by atoms with van der Waals surface area (Å²) in [6, 6.07) is 19.8.